The van der Waals surface area contributed by atoms with E-state index in [4.69, 9.17) is 16.3 Å². The highest BCUT2D eigenvalue weighted by molar-refractivity contribution is 9.10. The molecule has 1 N–H and O–H groups in total. The summed E-state index contributed by atoms with van der Waals surface area (Å²) in [6.07, 6.45) is 1.67. The minimum Gasteiger partial charge on any atom is -0.495 e. The van der Waals surface area contributed by atoms with Crippen LogP contribution in [-0.4, -0.2) is 34.2 Å². The maximum Gasteiger partial charge on any atom is 0.232 e. The Bertz CT molecular complexity index is 966. The molecule has 2 aromatic carbocycles. The molecule has 152 valence electrons. The van der Waals surface area contributed by atoms with Crippen LogP contribution in [0.15, 0.2) is 40.9 Å². The first-order valence-corrected chi connectivity index (χ1v) is 11.5. The number of hydrogen-bond acceptors (Lipinski definition) is 4. The van der Waals surface area contributed by atoms with Crippen molar-refractivity contribution >= 4 is 54.8 Å². The molecule has 0 radical (unpaired) electrons. The van der Waals surface area contributed by atoms with E-state index in [1.807, 2.05) is 19.1 Å². The summed E-state index contributed by atoms with van der Waals surface area (Å²) in [6.45, 7) is 2.10. The summed E-state index contributed by atoms with van der Waals surface area (Å²) < 4.78 is 31.7. The first-order chi connectivity index (χ1) is 13.1. The van der Waals surface area contributed by atoms with E-state index in [0.717, 1.165) is 16.3 Å². The molecule has 2 aromatic rings. The van der Waals surface area contributed by atoms with E-state index in [-0.39, 0.29) is 18.9 Å². The van der Waals surface area contributed by atoms with Crippen LogP contribution in [0.3, 0.4) is 0 Å². The lowest BCUT2D eigenvalue weighted by molar-refractivity contribution is -0.116. The van der Waals surface area contributed by atoms with Crippen molar-refractivity contribution in [3.63, 3.8) is 0 Å². The van der Waals surface area contributed by atoms with Gasteiger partial charge < -0.3 is 10.1 Å². The Labute approximate surface area is 179 Å². The van der Waals surface area contributed by atoms with E-state index in [9.17, 15) is 13.2 Å². The molecule has 0 aliphatic heterocycles. The number of benzene rings is 2. The second-order valence-electron chi connectivity index (χ2n) is 6.27. The highest BCUT2D eigenvalue weighted by Gasteiger charge is 2.19. The zero-order chi connectivity index (χ0) is 20.9. The SMILES string of the molecule is COc1ccc(N(CCCC(=O)Nc2ccc(Br)c(C)c2)S(C)(=O)=O)cc1Cl. The molecule has 0 spiro atoms. The van der Waals surface area contributed by atoms with Gasteiger partial charge in [0, 0.05) is 23.1 Å². The predicted molar refractivity (Wildman–Crippen MR) is 117 cm³/mol. The Morgan fingerprint density at radius 2 is 1.96 bits per heavy atom. The van der Waals surface area contributed by atoms with Gasteiger partial charge in [0.25, 0.3) is 0 Å². The number of methoxy groups -OCH3 is 1. The zero-order valence-corrected chi connectivity index (χ0v) is 19.0. The van der Waals surface area contributed by atoms with Crippen molar-refractivity contribution in [3.05, 3.63) is 51.5 Å². The molecule has 0 unspecified atom stereocenters. The lowest BCUT2D eigenvalue weighted by Crippen LogP contribution is -2.31. The highest BCUT2D eigenvalue weighted by Crippen LogP contribution is 2.30. The summed E-state index contributed by atoms with van der Waals surface area (Å²) in [5.74, 6) is 0.283. The van der Waals surface area contributed by atoms with Crippen molar-refractivity contribution in [1.82, 2.24) is 0 Å². The average Bonchev–Trinajstić information content (AvgIpc) is 2.61. The van der Waals surface area contributed by atoms with Gasteiger partial charge in [-0.25, -0.2) is 8.42 Å². The number of halogens is 2. The Morgan fingerprint density at radius 1 is 1.25 bits per heavy atom. The third kappa shape index (κ3) is 6.12. The fourth-order valence-corrected chi connectivity index (χ4v) is 4.08. The molecule has 1 amide bonds. The van der Waals surface area contributed by atoms with E-state index < -0.39 is 10.0 Å². The minimum absolute atomic E-state index is 0.161. The largest absolute Gasteiger partial charge is 0.495 e. The van der Waals surface area contributed by atoms with Gasteiger partial charge in [0.15, 0.2) is 0 Å². The summed E-state index contributed by atoms with van der Waals surface area (Å²) >= 11 is 9.52. The normalized spacial score (nSPS) is 11.2. The Balaban J connectivity index is 2.01. The van der Waals surface area contributed by atoms with Crippen molar-refractivity contribution in [2.45, 2.75) is 19.8 Å². The smallest absolute Gasteiger partial charge is 0.232 e. The van der Waals surface area contributed by atoms with Gasteiger partial charge in [0.05, 0.1) is 24.1 Å². The van der Waals surface area contributed by atoms with Crippen molar-refractivity contribution in [2.24, 2.45) is 0 Å². The first-order valence-electron chi connectivity index (χ1n) is 8.49. The number of nitrogens with zero attached hydrogens (tertiary/aromatic N) is 1. The molecule has 0 aliphatic carbocycles. The van der Waals surface area contributed by atoms with Gasteiger partial charge in [0.1, 0.15) is 5.75 Å². The average molecular weight is 490 g/mol. The topological polar surface area (TPSA) is 75.7 Å². The molecule has 0 fully saturated rings. The lowest BCUT2D eigenvalue weighted by atomic mass is 10.2. The number of carbonyl (C=O) groups is 1. The molecule has 2 rings (SSSR count). The summed E-state index contributed by atoms with van der Waals surface area (Å²) in [7, 11) is -2.04. The number of ether oxygens (including phenoxy) is 1. The number of anilines is 2. The first kappa shape index (κ1) is 22.5. The Hall–Kier alpha value is -1.77. The molecule has 0 heterocycles. The number of rotatable bonds is 8. The molecule has 0 bridgehead atoms. The van der Waals surface area contributed by atoms with Gasteiger partial charge >= 0.3 is 0 Å². The monoisotopic (exact) mass is 488 g/mol. The molecule has 6 nitrogen and oxygen atoms in total. The number of nitrogens with one attached hydrogen (secondary N) is 1. The van der Waals surface area contributed by atoms with Crippen LogP contribution in [0, 0.1) is 6.92 Å². The molecule has 28 heavy (non-hydrogen) atoms. The highest BCUT2D eigenvalue weighted by atomic mass is 79.9. The summed E-state index contributed by atoms with van der Waals surface area (Å²) in [4.78, 5) is 12.2. The second-order valence-corrected chi connectivity index (χ2v) is 9.44. The fraction of sp³-hybridized carbons (Fsp3) is 0.316. The van der Waals surface area contributed by atoms with Crippen molar-refractivity contribution < 1.29 is 17.9 Å². The summed E-state index contributed by atoms with van der Waals surface area (Å²) in [6, 6.07) is 10.3. The predicted octanol–water partition coefficient (Wildman–Crippen LogP) is 4.60. The quantitative estimate of drug-likeness (QED) is 0.588. The number of hydrogen-bond donors (Lipinski definition) is 1. The molecular formula is C19H22BrClN2O4S. The van der Waals surface area contributed by atoms with Gasteiger partial charge in [-0.3, -0.25) is 9.10 Å². The van der Waals surface area contributed by atoms with Gasteiger partial charge in [-0.1, -0.05) is 27.5 Å². The molecule has 0 saturated heterocycles. The van der Waals surface area contributed by atoms with Crippen LogP contribution in [0.2, 0.25) is 5.02 Å². The summed E-state index contributed by atoms with van der Waals surface area (Å²) in [5, 5.41) is 3.14. The van der Waals surface area contributed by atoms with Gasteiger partial charge in [-0.15, -0.1) is 0 Å². The molecule has 0 aliphatic rings. The third-order valence-electron chi connectivity index (χ3n) is 4.03. The number of sulfonamides is 1. The van der Waals surface area contributed by atoms with E-state index in [1.165, 1.54) is 17.5 Å². The van der Waals surface area contributed by atoms with Crippen molar-refractivity contribution in [2.75, 3.05) is 29.5 Å². The standard InChI is InChI=1S/C19H22BrClN2O4S/c1-13-11-14(6-8-16(13)20)22-19(24)5-4-10-23(28(3,25)26)15-7-9-18(27-2)17(21)12-15/h6-9,11-12H,4-5,10H2,1-3H3,(H,22,24). The van der Waals surface area contributed by atoms with Crippen LogP contribution >= 0.6 is 27.5 Å². The number of carbonyl (C=O) groups excluding carboxylic acids is 1. The fourth-order valence-electron chi connectivity index (χ4n) is 2.63. The Kier molecular flexibility index (Phi) is 7.74. The van der Waals surface area contributed by atoms with Crippen molar-refractivity contribution in [3.8, 4) is 5.75 Å². The van der Waals surface area contributed by atoms with E-state index >= 15 is 0 Å². The van der Waals surface area contributed by atoms with Crippen LogP contribution < -0.4 is 14.4 Å². The van der Waals surface area contributed by atoms with Gasteiger partial charge in [-0.2, -0.15) is 0 Å². The number of aryl methyl sites for hydroxylation is 1. The van der Waals surface area contributed by atoms with E-state index in [0.29, 0.717) is 28.6 Å². The van der Waals surface area contributed by atoms with E-state index in [1.54, 1.807) is 18.2 Å². The summed E-state index contributed by atoms with van der Waals surface area (Å²) in [5.41, 5.74) is 2.14. The van der Waals surface area contributed by atoms with Crippen LogP contribution in [-0.2, 0) is 14.8 Å². The molecule has 0 atom stereocenters. The molecule has 9 heteroatoms. The molecule has 0 saturated carbocycles. The van der Waals surface area contributed by atoms with Crippen LogP contribution in [0.5, 0.6) is 5.75 Å². The zero-order valence-electron chi connectivity index (χ0n) is 15.8. The van der Waals surface area contributed by atoms with Gasteiger partial charge in [0.2, 0.25) is 15.9 Å². The van der Waals surface area contributed by atoms with Crippen molar-refractivity contribution in [1.29, 1.82) is 0 Å². The maximum absolute atomic E-state index is 12.2. The van der Waals surface area contributed by atoms with Gasteiger partial charge in [-0.05, 0) is 55.3 Å². The molecular weight excluding hydrogens is 468 g/mol. The van der Waals surface area contributed by atoms with Crippen LogP contribution in [0.4, 0.5) is 11.4 Å². The Morgan fingerprint density at radius 3 is 2.54 bits per heavy atom. The van der Waals surface area contributed by atoms with E-state index in [2.05, 4.69) is 21.2 Å². The molecule has 0 aromatic heterocycles. The third-order valence-corrected chi connectivity index (χ3v) is 6.41. The maximum atomic E-state index is 12.2. The number of amides is 1. The van der Waals surface area contributed by atoms with Crippen LogP contribution in [0.1, 0.15) is 18.4 Å². The lowest BCUT2D eigenvalue weighted by Gasteiger charge is -2.23. The van der Waals surface area contributed by atoms with Crippen LogP contribution in [0.25, 0.3) is 0 Å². The second kappa shape index (κ2) is 9.62. The minimum atomic E-state index is -3.52.